The molecule has 0 spiro atoms. The molecule has 1 rings (SSSR count). The SMILES string of the molecule is CC1OCCC1N(C)C(=O)N[C@@H](CC(=O)O)C(=O)O. The first-order chi connectivity index (χ1) is 8.82. The van der Waals surface area contributed by atoms with Crippen molar-refractivity contribution in [3.8, 4) is 0 Å². The van der Waals surface area contributed by atoms with Crippen molar-refractivity contribution < 1.29 is 29.3 Å². The van der Waals surface area contributed by atoms with Gasteiger partial charge in [-0.3, -0.25) is 4.79 Å². The minimum absolute atomic E-state index is 0.126. The van der Waals surface area contributed by atoms with Gasteiger partial charge in [-0.25, -0.2) is 9.59 Å². The second kappa shape index (κ2) is 6.37. The lowest BCUT2D eigenvalue weighted by molar-refractivity contribution is -0.145. The number of carboxylic acids is 2. The number of carbonyl (C=O) groups is 3. The molecule has 108 valence electrons. The van der Waals surface area contributed by atoms with E-state index in [0.29, 0.717) is 13.0 Å². The van der Waals surface area contributed by atoms with Gasteiger partial charge in [0.05, 0.1) is 18.6 Å². The van der Waals surface area contributed by atoms with Crippen molar-refractivity contribution >= 4 is 18.0 Å². The van der Waals surface area contributed by atoms with Gasteiger partial charge >= 0.3 is 18.0 Å². The van der Waals surface area contributed by atoms with Crippen LogP contribution in [0.1, 0.15) is 19.8 Å². The van der Waals surface area contributed by atoms with Crippen molar-refractivity contribution in [2.75, 3.05) is 13.7 Å². The van der Waals surface area contributed by atoms with Crippen molar-refractivity contribution in [2.24, 2.45) is 0 Å². The number of nitrogens with one attached hydrogen (secondary N) is 1. The zero-order chi connectivity index (χ0) is 14.6. The zero-order valence-corrected chi connectivity index (χ0v) is 10.8. The quantitative estimate of drug-likeness (QED) is 0.635. The van der Waals surface area contributed by atoms with Crippen LogP contribution >= 0.6 is 0 Å². The number of likely N-dealkylation sites (N-methyl/N-ethyl adjacent to an activating group) is 1. The highest BCUT2D eigenvalue weighted by Crippen LogP contribution is 2.18. The van der Waals surface area contributed by atoms with E-state index in [1.807, 2.05) is 6.92 Å². The van der Waals surface area contributed by atoms with E-state index in [9.17, 15) is 14.4 Å². The molecular formula is C11H18N2O6. The topological polar surface area (TPSA) is 116 Å². The summed E-state index contributed by atoms with van der Waals surface area (Å²) < 4.78 is 5.32. The number of ether oxygens (including phenoxy) is 1. The predicted molar refractivity (Wildman–Crippen MR) is 63.8 cm³/mol. The van der Waals surface area contributed by atoms with Crippen LogP contribution in [0.2, 0.25) is 0 Å². The van der Waals surface area contributed by atoms with Crippen LogP contribution in [0.3, 0.4) is 0 Å². The van der Waals surface area contributed by atoms with E-state index in [1.54, 1.807) is 0 Å². The van der Waals surface area contributed by atoms with Crippen molar-refractivity contribution in [1.82, 2.24) is 10.2 Å². The van der Waals surface area contributed by atoms with Gasteiger partial charge in [0.25, 0.3) is 0 Å². The molecule has 1 saturated heterocycles. The molecule has 0 aliphatic carbocycles. The Bertz CT molecular complexity index is 372. The largest absolute Gasteiger partial charge is 0.481 e. The van der Waals surface area contributed by atoms with Crippen molar-refractivity contribution in [3.05, 3.63) is 0 Å². The second-order valence-corrected chi connectivity index (χ2v) is 4.48. The molecular weight excluding hydrogens is 256 g/mol. The first-order valence-electron chi connectivity index (χ1n) is 5.92. The van der Waals surface area contributed by atoms with Crippen LogP contribution in [0.25, 0.3) is 0 Å². The van der Waals surface area contributed by atoms with Gasteiger partial charge < -0.3 is 25.2 Å². The maximum atomic E-state index is 11.9. The van der Waals surface area contributed by atoms with Gasteiger partial charge in [-0.05, 0) is 13.3 Å². The minimum Gasteiger partial charge on any atom is -0.481 e. The zero-order valence-electron chi connectivity index (χ0n) is 10.8. The van der Waals surface area contributed by atoms with E-state index in [0.717, 1.165) is 0 Å². The first kappa shape index (κ1) is 15.2. The van der Waals surface area contributed by atoms with Crippen LogP contribution in [0, 0.1) is 0 Å². The van der Waals surface area contributed by atoms with Crippen molar-refractivity contribution in [1.29, 1.82) is 0 Å². The molecule has 0 radical (unpaired) electrons. The molecule has 8 heteroatoms. The molecule has 1 aliphatic rings. The molecule has 3 N–H and O–H groups in total. The normalized spacial score (nSPS) is 23.7. The van der Waals surface area contributed by atoms with Crippen LogP contribution in [0.4, 0.5) is 4.79 Å². The average molecular weight is 274 g/mol. The van der Waals surface area contributed by atoms with Crippen LogP contribution in [0.5, 0.6) is 0 Å². The van der Waals surface area contributed by atoms with Gasteiger partial charge in [0.15, 0.2) is 0 Å². The summed E-state index contributed by atoms with van der Waals surface area (Å²) in [6.45, 7) is 2.37. The van der Waals surface area contributed by atoms with Gasteiger partial charge in [-0.2, -0.15) is 0 Å². The Hall–Kier alpha value is -1.83. The van der Waals surface area contributed by atoms with Gasteiger partial charge in [-0.1, -0.05) is 0 Å². The standard InChI is InChI=1S/C11H18N2O6/c1-6-8(3-4-19-6)13(2)11(18)12-7(10(16)17)5-9(14)15/h6-8H,3-5H2,1-2H3,(H,12,18)(H,14,15)(H,16,17)/t6?,7-,8?/m0/s1. The minimum atomic E-state index is -1.44. The summed E-state index contributed by atoms with van der Waals surface area (Å²) in [5, 5.41) is 19.6. The molecule has 0 saturated carbocycles. The lowest BCUT2D eigenvalue weighted by Gasteiger charge is -2.28. The monoisotopic (exact) mass is 274 g/mol. The number of carbonyl (C=O) groups excluding carboxylic acids is 1. The number of nitrogens with zero attached hydrogens (tertiary/aromatic N) is 1. The highest BCUT2D eigenvalue weighted by molar-refractivity contribution is 5.86. The van der Waals surface area contributed by atoms with E-state index < -0.39 is 30.4 Å². The number of hydrogen-bond donors (Lipinski definition) is 3. The molecule has 1 aliphatic heterocycles. The molecule has 0 bridgehead atoms. The summed E-state index contributed by atoms with van der Waals surface area (Å²) in [6, 6.07) is -2.19. The number of rotatable bonds is 5. The molecule has 1 heterocycles. The van der Waals surface area contributed by atoms with E-state index in [2.05, 4.69) is 5.32 Å². The molecule has 1 fully saturated rings. The van der Waals surface area contributed by atoms with Crippen LogP contribution in [-0.2, 0) is 14.3 Å². The van der Waals surface area contributed by atoms with Gasteiger partial charge in [0.1, 0.15) is 6.04 Å². The Kier molecular flexibility index (Phi) is 5.11. The summed E-state index contributed by atoms with van der Waals surface area (Å²) >= 11 is 0. The first-order valence-corrected chi connectivity index (χ1v) is 5.92. The molecule has 0 aromatic carbocycles. The second-order valence-electron chi connectivity index (χ2n) is 4.48. The summed E-state index contributed by atoms with van der Waals surface area (Å²) in [5.41, 5.74) is 0. The summed E-state index contributed by atoms with van der Waals surface area (Å²) in [6.07, 6.45) is -0.119. The Morgan fingerprint density at radius 3 is 2.47 bits per heavy atom. The lowest BCUT2D eigenvalue weighted by atomic mass is 10.1. The molecule has 0 aromatic heterocycles. The van der Waals surface area contributed by atoms with E-state index in [4.69, 9.17) is 14.9 Å². The highest BCUT2D eigenvalue weighted by Gasteiger charge is 2.32. The fourth-order valence-electron chi connectivity index (χ4n) is 2.01. The maximum absolute atomic E-state index is 11.9. The summed E-state index contributed by atoms with van der Waals surface area (Å²) in [7, 11) is 1.53. The number of carboxylic acid groups (broad SMARTS) is 2. The van der Waals surface area contributed by atoms with Gasteiger partial charge in [0.2, 0.25) is 0 Å². The molecule has 0 aromatic rings. The van der Waals surface area contributed by atoms with E-state index in [-0.39, 0.29) is 12.1 Å². The van der Waals surface area contributed by atoms with Gasteiger partial charge in [-0.15, -0.1) is 0 Å². The third kappa shape index (κ3) is 4.09. The highest BCUT2D eigenvalue weighted by atomic mass is 16.5. The van der Waals surface area contributed by atoms with Crippen LogP contribution in [-0.4, -0.2) is 64.9 Å². The Morgan fingerprint density at radius 1 is 1.42 bits per heavy atom. The number of aliphatic carboxylic acids is 2. The van der Waals surface area contributed by atoms with Gasteiger partial charge in [0, 0.05) is 13.7 Å². The molecule has 19 heavy (non-hydrogen) atoms. The lowest BCUT2D eigenvalue weighted by Crippen LogP contribution is -2.51. The van der Waals surface area contributed by atoms with Crippen molar-refractivity contribution in [3.63, 3.8) is 0 Å². The molecule has 2 amide bonds. The number of hydrogen-bond acceptors (Lipinski definition) is 4. The molecule has 3 atom stereocenters. The number of urea groups is 1. The Balaban J connectivity index is 2.60. The molecule has 8 nitrogen and oxygen atoms in total. The fraction of sp³-hybridized carbons (Fsp3) is 0.727. The van der Waals surface area contributed by atoms with Crippen molar-refractivity contribution in [2.45, 2.75) is 38.0 Å². The van der Waals surface area contributed by atoms with Crippen LogP contribution < -0.4 is 5.32 Å². The summed E-state index contributed by atoms with van der Waals surface area (Å²) in [5.74, 6) is -2.66. The Morgan fingerprint density at radius 2 is 2.05 bits per heavy atom. The third-order valence-electron chi connectivity index (χ3n) is 3.13. The molecule has 2 unspecified atom stereocenters. The third-order valence-corrected chi connectivity index (χ3v) is 3.13. The van der Waals surface area contributed by atoms with E-state index >= 15 is 0 Å². The number of amides is 2. The summed E-state index contributed by atoms with van der Waals surface area (Å²) in [4.78, 5) is 34.6. The maximum Gasteiger partial charge on any atom is 0.326 e. The smallest absolute Gasteiger partial charge is 0.326 e. The predicted octanol–water partition coefficient (Wildman–Crippen LogP) is -0.267. The van der Waals surface area contributed by atoms with E-state index in [1.165, 1.54) is 11.9 Å². The van der Waals surface area contributed by atoms with Crippen LogP contribution in [0.15, 0.2) is 0 Å². The average Bonchev–Trinajstić information content (AvgIpc) is 2.72. The fourth-order valence-corrected chi connectivity index (χ4v) is 2.01. The Labute approximate surface area is 110 Å².